The Hall–Kier alpha value is -3.48. The third-order valence-corrected chi connectivity index (χ3v) is 4.14. The first-order valence-electron chi connectivity index (χ1n) is 9.66. The summed E-state index contributed by atoms with van der Waals surface area (Å²) in [5, 5.41) is 36.0. The average molecular weight is 669 g/mol. The van der Waals surface area contributed by atoms with Gasteiger partial charge >= 0.3 is 32.3 Å². The molecule has 2 N–H and O–H groups in total. The van der Waals surface area contributed by atoms with Gasteiger partial charge in [-0.2, -0.15) is 0 Å². The quantitative estimate of drug-likeness (QED) is 0.229. The van der Waals surface area contributed by atoms with Crippen LogP contribution in [0.25, 0.3) is 0 Å². The molecule has 1 aromatic heterocycles. The van der Waals surface area contributed by atoms with Crippen LogP contribution in [-0.2, 0) is 4.47 Å². The molecular weight excluding hydrogens is 648 g/mol. The molecule has 0 aliphatic carbocycles. The molecule has 0 amide bonds. The monoisotopic (exact) mass is 669 g/mol. The predicted molar refractivity (Wildman–Crippen MR) is 121 cm³/mol. The molecule has 0 bridgehead atoms. The van der Waals surface area contributed by atoms with Gasteiger partial charge in [0, 0.05) is 11.1 Å². The fourth-order valence-corrected chi connectivity index (χ4v) is 2.47. The van der Waals surface area contributed by atoms with Crippen molar-refractivity contribution in [2.24, 2.45) is 20.4 Å². The Morgan fingerprint density at radius 2 is 1.00 bits per heavy atom. The maximum atomic E-state index is 10.0. The molecule has 0 saturated heterocycles. The number of aromatic nitrogens is 1. The van der Waals surface area contributed by atoms with E-state index in [9.17, 15) is 10.2 Å². The van der Waals surface area contributed by atoms with Crippen molar-refractivity contribution < 1.29 is 42.5 Å². The van der Waals surface area contributed by atoms with E-state index in [1.807, 2.05) is 42.5 Å². The second kappa shape index (κ2) is 13.8. The zero-order chi connectivity index (χ0) is 24.1. The van der Waals surface area contributed by atoms with E-state index in [0.717, 1.165) is 0 Å². The first-order valence-corrected chi connectivity index (χ1v) is 13.1. The van der Waals surface area contributed by atoms with Gasteiger partial charge < -0.3 is 10.2 Å². The molecule has 3 rings (SSSR count). The van der Waals surface area contributed by atoms with Crippen molar-refractivity contribution in [2.45, 2.75) is 13.8 Å². The molecule has 0 atom stereocenters. The molecule has 0 aliphatic rings. The Balaban J connectivity index is 0.00000122. The normalized spacial score (nSPS) is 12.4. The zero-order valence-electron chi connectivity index (χ0n) is 18.0. The van der Waals surface area contributed by atoms with Gasteiger partial charge in [0.15, 0.2) is 0 Å². The van der Waals surface area contributed by atoms with E-state index in [1.165, 1.54) is 0 Å². The van der Waals surface area contributed by atoms with Crippen LogP contribution in [0.3, 0.4) is 0 Å². The molecule has 166 valence electrons. The average Bonchev–Trinajstić information content (AvgIpc) is 2.87. The molecule has 0 fully saturated rings. The van der Waals surface area contributed by atoms with Crippen molar-refractivity contribution in [3.05, 3.63) is 101 Å². The van der Waals surface area contributed by atoms with E-state index in [1.54, 1.807) is 50.2 Å². The van der Waals surface area contributed by atoms with Crippen molar-refractivity contribution in [2.75, 3.05) is 0 Å². The van der Waals surface area contributed by atoms with Crippen LogP contribution in [0.5, 0.6) is 0 Å². The number of hydrogen-bond donors (Lipinski definition) is 2. The minimum absolute atomic E-state index is 0.172. The number of benzene rings is 2. The fourth-order valence-electron chi connectivity index (χ4n) is 2.47. The van der Waals surface area contributed by atoms with Gasteiger partial charge in [0.25, 0.3) is 0 Å². The van der Waals surface area contributed by atoms with E-state index in [0.29, 0.717) is 33.9 Å². The number of pyridine rings is 1. The zero-order valence-corrected chi connectivity index (χ0v) is 22.1. The van der Waals surface area contributed by atoms with Gasteiger partial charge in [0.05, 0.1) is 22.8 Å². The van der Waals surface area contributed by atoms with Crippen molar-refractivity contribution in [3.63, 3.8) is 0 Å². The molecule has 33 heavy (non-hydrogen) atoms. The summed E-state index contributed by atoms with van der Waals surface area (Å²) in [6.07, 6.45) is 0. The molecule has 3 aromatic rings. The molecule has 2 aromatic carbocycles. The van der Waals surface area contributed by atoms with Gasteiger partial charge in [0.1, 0.15) is 0 Å². The van der Waals surface area contributed by atoms with E-state index < -0.39 is 27.8 Å². The fraction of sp³-hybridized carbons (Fsp3) is 0.0870. The van der Waals surface area contributed by atoms with Gasteiger partial charge in [-0.3, -0.25) is 0 Å². The minimum atomic E-state index is -2.51. The van der Waals surface area contributed by atoms with Gasteiger partial charge in [-0.25, -0.2) is 4.98 Å². The van der Waals surface area contributed by atoms with E-state index in [2.05, 4.69) is 25.4 Å². The Labute approximate surface area is 205 Å². The van der Waals surface area contributed by atoms with Gasteiger partial charge in [-0.1, -0.05) is 42.5 Å². The molecule has 0 radical (unpaired) electrons. The Morgan fingerprint density at radius 3 is 1.36 bits per heavy atom. The van der Waals surface area contributed by atoms with Gasteiger partial charge in [0.2, 0.25) is 11.8 Å². The summed E-state index contributed by atoms with van der Waals surface area (Å²) in [7, 11) is 0. The summed E-state index contributed by atoms with van der Waals surface area (Å²) in [5.74, 6) is -0.343. The summed E-state index contributed by atoms with van der Waals surface area (Å²) < 4.78 is 17.2. The second-order valence-electron chi connectivity index (χ2n) is 6.44. The Morgan fingerprint density at radius 1 is 0.636 bits per heavy atom. The van der Waals surface area contributed by atoms with Crippen LogP contribution in [-0.4, -0.2) is 38.4 Å². The van der Waals surface area contributed by atoms with Crippen molar-refractivity contribution >= 4 is 23.2 Å². The SMILES string of the molecule is C/C(=N\N=C(/O)c1ccccc1)c1cccc(/C(C)=N/N=C(\O)c2ccccc2)n1.[O]=[U]=[O]. The van der Waals surface area contributed by atoms with Crippen LogP contribution in [0.2, 0.25) is 0 Å². The van der Waals surface area contributed by atoms with E-state index in [-0.39, 0.29) is 11.8 Å². The van der Waals surface area contributed by atoms with E-state index in [4.69, 9.17) is 4.47 Å². The van der Waals surface area contributed by atoms with Crippen LogP contribution >= 0.6 is 0 Å². The molecule has 0 aliphatic heterocycles. The van der Waals surface area contributed by atoms with Crippen molar-refractivity contribution in [1.29, 1.82) is 0 Å². The standard InChI is InChI=1S/C23H21N5O2.2O.U/c1-16(25-27-22(29)18-10-5-3-6-11-18)20-14-9-15-21(24-20)17(2)26-28-23(30)19-12-7-4-8-13-19;;;/h3-15H,1-2H3,(H,27,29)(H,28,30);;;/b25-16+,26-17+;;;. The third-order valence-electron chi connectivity index (χ3n) is 4.14. The van der Waals surface area contributed by atoms with Crippen LogP contribution in [0.15, 0.2) is 99.3 Å². The summed E-state index contributed by atoms with van der Waals surface area (Å²) in [6, 6.07) is 23.3. The van der Waals surface area contributed by atoms with E-state index >= 15 is 0 Å². The maximum absolute atomic E-state index is 10.0. The van der Waals surface area contributed by atoms with Gasteiger partial charge in [-0.05, 0) is 50.2 Å². The number of nitrogens with zero attached hydrogens (tertiary/aromatic N) is 5. The summed E-state index contributed by atoms with van der Waals surface area (Å²) in [6.45, 7) is 3.50. The number of aliphatic hydroxyl groups excluding tert-OH is 2. The number of hydrogen-bond acceptors (Lipinski definition) is 7. The first-order chi connectivity index (χ1) is 16.0. The van der Waals surface area contributed by atoms with Crippen LogP contribution < -0.4 is 0 Å². The Bertz CT molecular complexity index is 1130. The predicted octanol–water partition coefficient (Wildman–Crippen LogP) is 4.30. The van der Waals surface area contributed by atoms with Crippen LogP contribution in [0.1, 0.15) is 36.4 Å². The number of aliphatic hydroxyl groups is 2. The number of rotatable bonds is 6. The summed E-state index contributed by atoms with van der Waals surface area (Å²) in [4.78, 5) is 4.51. The topological polar surface area (TPSA) is 137 Å². The van der Waals surface area contributed by atoms with Crippen molar-refractivity contribution in [3.8, 4) is 0 Å². The Kier molecular flexibility index (Phi) is 10.8. The van der Waals surface area contributed by atoms with Crippen molar-refractivity contribution in [1.82, 2.24) is 4.98 Å². The molecule has 0 unspecified atom stereocenters. The molecular formula is C23H21N5O4U. The molecule has 0 spiro atoms. The molecule has 9 nitrogen and oxygen atoms in total. The second-order valence-corrected chi connectivity index (χ2v) is 7.14. The third kappa shape index (κ3) is 8.52. The first kappa shape index (κ1) is 25.8. The van der Waals surface area contributed by atoms with Gasteiger partial charge in [-0.15, -0.1) is 20.4 Å². The summed E-state index contributed by atoms with van der Waals surface area (Å²) >= 11 is -2.51. The molecule has 0 saturated carbocycles. The molecule has 1 heterocycles. The molecule has 10 heteroatoms. The summed E-state index contributed by atoms with van der Waals surface area (Å²) in [5.41, 5.74) is 3.39. The van der Waals surface area contributed by atoms with Crippen LogP contribution in [0.4, 0.5) is 0 Å². The van der Waals surface area contributed by atoms with Crippen LogP contribution in [0, 0.1) is 27.8 Å².